The molecule has 0 amide bonds. The maximum absolute atomic E-state index is 13.3. The highest BCUT2D eigenvalue weighted by atomic mass is 32.2. The van der Waals surface area contributed by atoms with Crippen LogP contribution in [0.25, 0.3) is 0 Å². The second-order valence-corrected chi connectivity index (χ2v) is 5.77. The quantitative estimate of drug-likeness (QED) is 0.800. The molecule has 16 heavy (non-hydrogen) atoms. The van der Waals surface area contributed by atoms with Gasteiger partial charge >= 0.3 is 0 Å². The van der Waals surface area contributed by atoms with E-state index in [1.165, 1.54) is 12.1 Å². The van der Waals surface area contributed by atoms with Crippen LogP contribution in [0.1, 0.15) is 18.4 Å². The molecule has 1 aromatic rings. The highest BCUT2D eigenvalue weighted by Crippen LogP contribution is 2.17. The zero-order valence-electron chi connectivity index (χ0n) is 9.24. The van der Waals surface area contributed by atoms with E-state index < -0.39 is 15.7 Å². The lowest BCUT2D eigenvalue weighted by Crippen LogP contribution is -2.03. The maximum atomic E-state index is 13.3. The SMILES string of the molecule is CS(=O)(=O)c1cc(CCCCN)ccc1F. The minimum atomic E-state index is -3.49. The molecule has 0 saturated heterocycles. The fraction of sp³-hybridized carbons (Fsp3) is 0.455. The van der Waals surface area contributed by atoms with Crippen molar-refractivity contribution in [3.05, 3.63) is 29.6 Å². The van der Waals surface area contributed by atoms with Crippen molar-refractivity contribution in [1.82, 2.24) is 0 Å². The third-order valence-corrected chi connectivity index (χ3v) is 3.43. The summed E-state index contributed by atoms with van der Waals surface area (Å²) in [5.74, 6) is -0.690. The Hall–Kier alpha value is -0.940. The van der Waals surface area contributed by atoms with Gasteiger partial charge in [-0.1, -0.05) is 6.07 Å². The molecule has 3 nitrogen and oxygen atoms in total. The summed E-state index contributed by atoms with van der Waals surface area (Å²) in [6.07, 6.45) is 3.49. The third kappa shape index (κ3) is 3.57. The number of rotatable bonds is 5. The Bertz CT molecular complexity index is 457. The van der Waals surface area contributed by atoms with Gasteiger partial charge in [0.2, 0.25) is 0 Å². The number of benzene rings is 1. The zero-order valence-corrected chi connectivity index (χ0v) is 10.1. The van der Waals surface area contributed by atoms with Crippen LogP contribution in [0.4, 0.5) is 4.39 Å². The summed E-state index contributed by atoms with van der Waals surface area (Å²) in [6.45, 7) is 0.611. The Labute approximate surface area is 95.4 Å². The van der Waals surface area contributed by atoms with Gasteiger partial charge < -0.3 is 5.73 Å². The van der Waals surface area contributed by atoms with Crippen LogP contribution in [0, 0.1) is 5.82 Å². The normalized spacial score (nSPS) is 11.7. The first-order chi connectivity index (χ1) is 7.45. The van der Waals surface area contributed by atoms with E-state index in [-0.39, 0.29) is 4.90 Å². The van der Waals surface area contributed by atoms with Crippen LogP contribution in [-0.4, -0.2) is 21.2 Å². The van der Waals surface area contributed by atoms with E-state index in [1.807, 2.05) is 0 Å². The van der Waals surface area contributed by atoms with Crippen LogP contribution in [0.3, 0.4) is 0 Å². The molecule has 0 unspecified atom stereocenters. The van der Waals surface area contributed by atoms with Gasteiger partial charge in [-0.25, -0.2) is 12.8 Å². The number of aryl methyl sites for hydroxylation is 1. The summed E-state index contributed by atoms with van der Waals surface area (Å²) in [5.41, 5.74) is 6.19. The molecule has 1 rings (SSSR count). The zero-order chi connectivity index (χ0) is 12.2. The van der Waals surface area contributed by atoms with Crippen LogP contribution in [0.5, 0.6) is 0 Å². The van der Waals surface area contributed by atoms with Crippen molar-refractivity contribution >= 4 is 9.84 Å². The fourth-order valence-electron chi connectivity index (χ4n) is 1.46. The summed E-state index contributed by atoms with van der Waals surface area (Å²) >= 11 is 0. The predicted octanol–water partition coefficient (Wildman–Crippen LogP) is 1.51. The first-order valence-corrected chi connectivity index (χ1v) is 7.03. The van der Waals surface area contributed by atoms with E-state index in [0.29, 0.717) is 6.54 Å². The van der Waals surface area contributed by atoms with Gasteiger partial charge in [0.25, 0.3) is 0 Å². The first-order valence-electron chi connectivity index (χ1n) is 5.13. The Morgan fingerprint density at radius 1 is 1.31 bits per heavy atom. The summed E-state index contributed by atoms with van der Waals surface area (Å²) in [7, 11) is -3.49. The van der Waals surface area contributed by atoms with Gasteiger partial charge in [0.15, 0.2) is 9.84 Å². The molecule has 0 atom stereocenters. The van der Waals surface area contributed by atoms with E-state index >= 15 is 0 Å². The minimum absolute atomic E-state index is 0.224. The molecule has 0 aliphatic heterocycles. The van der Waals surface area contributed by atoms with E-state index in [1.54, 1.807) is 6.07 Å². The Balaban J connectivity index is 2.91. The molecule has 90 valence electrons. The first kappa shape index (κ1) is 13.1. The van der Waals surface area contributed by atoms with Crippen LogP contribution >= 0.6 is 0 Å². The Morgan fingerprint density at radius 3 is 2.56 bits per heavy atom. The van der Waals surface area contributed by atoms with Gasteiger partial charge in [-0.2, -0.15) is 0 Å². The molecule has 0 aliphatic rings. The van der Waals surface area contributed by atoms with E-state index in [9.17, 15) is 12.8 Å². The molecule has 0 aliphatic carbocycles. The van der Waals surface area contributed by atoms with Crippen molar-refractivity contribution in [1.29, 1.82) is 0 Å². The Morgan fingerprint density at radius 2 is 2.00 bits per heavy atom. The van der Waals surface area contributed by atoms with Crippen LogP contribution in [0.2, 0.25) is 0 Å². The molecule has 0 spiro atoms. The van der Waals surface area contributed by atoms with Crippen molar-refractivity contribution in [3.8, 4) is 0 Å². The van der Waals surface area contributed by atoms with Gasteiger partial charge in [0.1, 0.15) is 10.7 Å². The molecule has 0 aromatic heterocycles. The molecule has 0 heterocycles. The minimum Gasteiger partial charge on any atom is -0.330 e. The van der Waals surface area contributed by atoms with Crippen LogP contribution in [-0.2, 0) is 16.3 Å². The molecule has 0 saturated carbocycles. The molecular weight excluding hydrogens is 229 g/mol. The summed E-state index contributed by atoms with van der Waals surface area (Å²) in [6, 6.07) is 4.22. The second-order valence-electron chi connectivity index (χ2n) is 3.78. The number of hydrogen-bond donors (Lipinski definition) is 1. The molecule has 2 N–H and O–H groups in total. The van der Waals surface area contributed by atoms with Crippen molar-refractivity contribution in [2.75, 3.05) is 12.8 Å². The maximum Gasteiger partial charge on any atom is 0.178 e. The summed E-state index contributed by atoms with van der Waals surface area (Å²) in [4.78, 5) is -0.224. The lowest BCUT2D eigenvalue weighted by atomic mass is 10.1. The lowest BCUT2D eigenvalue weighted by Gasteiger charge is -2.05. The molecule has 0 fully saturated rings. The highest BCUT2D eigenvalue weighted by Gasteiger charge is 2.13. The lowest BCUT2D eigenvalue weighted by molar-refractivity contribution is 0.569. The molecule has 0 bridgehead atoms. The second kappa shape index (κ2) is 5.41. The van der Waals surface area contributed by atoms with Crippen molar-refractivity contribution in [2.24, 2.45) is 5.73 Å². The van der Waals surface area contributed by atoms with Crippen molar-refractivity contribution < 1.29 is 12.8 Å². The molecule has 1 aromatic carbocycles. The van der Waals surface area contributed by atoms with Crippen LogP contribution < -0.4 is 5.73 Å². The van der Waals surface area contributed by atoms with E-state index in [2.05, 4.69) is 0 Å². The number of sulfone groups is 1. The molecule has 0 radical (unpaired) electrons. The number of halogens is 1. The summed E-state index contributed by atoms with van der Waals surface area (Å²) < 4.78 is 35.8. The van der Waals surface area contributed by atoms with Gasteiger partial charge in [0.05, 0.1) is 0 Å². The number of nitrogens with two attached hydrogens (primary N) is 1. The molecular formula is C11H16FNO2S. The van der Waals surface area contributed by atoms with E-state index in [0.717, 1.165) is 31.1 Å². The highest BCUT2D eigenvalue weighted by molar-refractivity contribution is 7.90. The largest absolute Gasteiger partial charge is 0.330 e. The topological polar surface area (TPSA) is 60.2 Å². The number of hydrogen-bond acceptors (Lipinski definition) is 3. The van der Waals surface area contributed by atoms with Gasteiger partial charge in [0, 0.05) is 6.26 Å². The monoisotopic (exact) mass is 245 g/mol. The van der Waals surface area contributed by atoms with Gasteiger partial charge in [-0.15, -0.1) is 0 Å². The van der Waals surface area contributed by atoms with Gasteiger partial charge in [-0.05, 0) is 43.5 Å². The number of unbranched alkanes of at least 4 members (excludes halogenated alkanes) is 1. The van der Waals surface area contributed by atoms with Crippen LogP contribution in [0.15, 0.2) is 23.1 Å². The van der Waals surface area contributed by atoms with Crippen molar-refractivity contribution in [3.63, 3.8) is 0 Å². The third-order valence-electron chi connectivity index (χ3n) is 2.31. The predicted molar refractivity (Wildman–Crippen MR) is 61.5 cm³/mol. The molecule has 5 heteroatoms. The summed E-state index contributed by atoms with van der Waals surface area (Å²) in [5, 5.41) is 0. The van der Waals surface area contributed by atoms with Crippen molar-refractivity contribution in [2.45, 2.75) is 24.2 Å². The average Bonchev–Trinajstić information content (AvgIpc) is 2.19. The smallest absolute Gasteiger partial charge is 0.178 e. The van der Waals surface area contributed by atoms with E-state index in [4.69, 9.17) is 5.73 Å². The standard InChI is InChI=1S/C11H16FNO2S/c1-16(14,15)11-8-9(4-2-3-7-13)5-6-10(11)12/h5-6,8H,2-4,7,13H2,1H3. The average molecular weight is 245 g/mol. The van der Waals surface area contributed by atoms with Gasteiger partial charge in [-0.3, -0.25) is 0 Å². The Kier molecular flexibility index (Phi) is 4.44. The fourth-order valence-corrected chi connectivity index (χ4v) is 2.25.